The van der Waals surface area contributed by atoms with E-state index in [-0.39, 0.29) is 18.0 Å². The van der Waals surface area contributed by atoms with Crippen LogP contribution in [-0.2, 0) is 9.53 Å². The van der Waals surface area contributed by atoms with Gasteiger partial charge in [0, 0.05) is 11.8 Å². The molecule has 6 rings (SSSR count). The molecule has 3 nitrogen and oxygen atoms in total. The van der Waals surface area contributed by atoms with Crippen LogP contribution in [-0.4, -0.2) is 25.2 Å². The summed E-state index contributed by atoms with van der Waals surface area (Å²) in [4.78, 5) is 12.0. The minimum absolute atomic E-state index is 0.100. The molecule has 0 bridgehead atoms. The van der Waals surface area contributed by atoms with E-state index in [1.165, 1.54) is 77.3 Å². The van der Waals surface area contributed by atoms with E-state index >= 15 is 0 Å². The molecule has 6 aliphatic rings. The van der Waals surface area contributed by atoms with E-state index < -0.39 is 0 Å². The SMILES string of the molecule is CC.CC1C(=O)O[C@H]2C1CCC1(CC1)C1CCC3(CC3)C12.CC1CCNCC1. The van der Waals surface area contributed by atoms with Gasteiger partial charge in [0.25, 0.3) is 0 Å². The number of fused-ring (bicyclic) bond motifs is 5. The molecule has 2 heterocycles. The highest BCUT2D eigenvalue weighted by Crippen LogP contribution is 2.74. The molecule has 2 aliphatic heterocycles. The molecule has 28 heavy (non-hydrogen) atoms. The van der Waals surface area contributed by atoms with Gasteiger partial charge in [-0.2, -0.15) is 0 Å². The topological polar surface area (TPSA) is 38.3 Å². The molecule has 4 saturated carbocycles. The summed E-state index contributed by atoms with van der Waals surface area (Å²) in [6.45, 7) is 10.9. The molecule has 160 valence electrons. The van der Waals surface area contributed by atoms with Crippen LogP contribution in [0.25, 0.3) is 0 Å². The highest BCUT2D eigenvalue weighted by molar-refractivity contribution is 5.75. The standard InChI is InChI=1S/C17H24O2.C6H13N.C2H6/c1-10-11-2-4-16(6-7-16)12-3-5-17(8-9-17)13(12)14(11)19-15(10)18;1-6-2-4-7-5-3-6;1-2/h10-14H,2-9H2,1H3;6-7H,2-5H2,1H3;1-2H3/t10?,11?,12?,13?,14-;;/m0../s1. The fraction of sp³-hybridized carbons (Fsp3) is 0.960. The molecule has 0 amide bonds. The minimum Gasteiger partial charge on any atom is -0.462 e. The monoisotopic (exact) mass is 389 g/mol. The Morgan fingerprint density at radius 2 is 1.46 bits per heavy atom. The average molecular weight is 390 g/mol. The van der Waals surface area contributed by atoms with Crippen molar-refractivity contribution in [2.45, 2.75) is 98.0 Å². The molecule has 4 aliphatic carbocycles. The van der Waals surface area contributed by atoms with E-state index in [4.69, 9.17) is 4.74 Å². The largest absolute Gasteiger partial charge is 0.462 e. The van der Waals surface area contributed by atoms with Gasteiger partial charge in [0.15, 0.2) is 0 Å². The van der Waals surface area contributed by atoms with Crippen LogP contribution in [0, 0.1) is 40.4 Å². The smallest absolute Gasteiger partial charge is 0.309 e. The molecule has 5 atom stereocenters. The van der Waals surface area contributed by atoms with Crippen LogP contribution < -0.4 is 5.32 Å². The summed E-state index contributed by atoms with van der Waals surface area (Å²) >= 11 is 0. The van der Waals surface area contributed by atoms with Crippen LogP contribution in [0.4, 0.5) is 0 Å². The lowest BCUT2D eigenvalue weighted by molar-refractivity contribution is -0.147. The van der Waals surface area contributed by atoms with Gasteiger partial charge < -0.3 is 10.1 Å². The predicted molar refractivity (Wildman–Crippen MR) is 114 cm³/mol. The third-order valence-electron chi connectivity index (χ3n) is 9.31. The fourth-order valence-electron chi connectivity index (χ4n) is 7.15. The molecule has 3 heteroatoms. The predicted octanol–water partition coefficient (Wildman–Crippen LogP) is 5.58. The summed E-state index contributed by atoms with van der Waals surface area (Å²) in [5, 5.41) is 3.32. The van der Waals surface area contributed by atoms with Crippen LogP contribution in [0.3, 0.4) is 0 Å². The Kier molecular flexibility index (Phi) is 5.86. The first-order valence-electron chi connectivity index (χ1n) is 12.5. The van der Waals surface area contributed by atoms with Crippen LogP contribution >= 0.6 is 0 Å². The third kappa shape index (κ3) is 3.55. The van der Waals surface area contributed by atoms with Crippen molar-refractivity contribution < 1.29 is 9.53 Å². The molecular formula is C25H43NO2. The maximum absolute atomic E-state index is 12.0. The second-order valence-corrected chi connectivity index (χ2v) is 10.7. The molecule has 0 radical (unpaired) electrons. The molecule has 0 aromatic carbocycles. The zero-order chi connectivity index (χ0) is 19.9. The van der Waals surface area contributed by atoms with Gasteiger partial charge in [0.1, 0.15) is 6.10 Å². The lowest BCUT2D eigenvalue weighted by Gasteiger charge is -2.33. The highest BCUT2D eigenvalue weighted by atomic mass is 16.6. The first-order valence-corrected chi connectivity index (χ1v) is 12.5. The van der Waals surface area contributed by atoms with Gasteiger partial charge in [-0.05, 0) is 100.0 Å². The Hall–Kier alpha value is -0.570. The van der Waals surface area contributed by atoms with Crippen LogP contribution in [0.5, 0.6) is 0 Å². The summed E-state index contributed by atoms with van der Waals surface area (Å²) in [7, 11) is 0. The Labute approximate surface area is 172 Å². The third-order valence-corrected chi connectivity index (χ3v) is 9.31. The number of ether oxygens (including phenoxy) is 1. The number of hydrogen-bond donors (Lipinski definition) is 1. The Balaban J connectivity index is 0.000000181. The van der Waals surface area contributed by atoms with E-state index in [0.29, 0.717) is 16.7 Å². The first-order chi connectivity index (χ1) is 13.5. The van der Waals surface area contributed by atoms with E-state index in [1.807, 2.05) is 13.8 Å². The molecule has 1 N–H and O–H groups in total. The van der Waals surface area contributed by atoms with Gasteiger partial charge in [-0.25, -0.2) is 0 Å². The zero-order valence-corrected chi connectivity index (χ0v) is 18.8. The molecule has 0 aromatic rings. The summed E-state index contributed by atoms with van der Waals surface area (Å²) < 4.78 is 5.93. The Bertz CT molecular complexity index is 559. The van der Waals surface area contributed by atoms with Crippen molar-refractivity contribution in [3.63, 3.8) is 0 Å². The van der Waals surface area contributed by atoms with Gasteiger partial charge in [0.05, 0.1) is 5.92 Å². The summed E-state index contributed by atoms with van der Waals surface area (Å²) in [6, 6.07) is 0. The lowest BCUT2D eigenvalue weighted by Crippen LogP contribution is -2.35. The van der Waals surface area contributed by atoms with Crippen molar-refractivity contribution in [3.8, 4) is 0 Å². The number of esters is 1. The number of hydrogen-bond acceptors (Lipinski definition) is 3. The van der Waals surface area contributed by atoms with Gasteiger partial charge in [-0.1, -0.05) is 27.7 Å². The van der Waals surface area contributed by atoms with E-state index in [2.05, 4.69) is 19.2 Å². The van der Waals surface area contributed by atoms with Crippen molar-refractivity contribution in [3.05, 3.63) is 0 Å². The van der Waals surface area contributed by atoms with Crippen LogP contribution in [0.15, 0.2) is 0 Å². The number of rotatable bonds is 0. The van der Waals surface area contributed by atoms with Crippen molar-refractivity contribution in [2.75, 3.05) is 13.1 Å². The minimum atomic E-state index is 0.100. The fourth-order valence-corrected chi connectivity index (χ4v) is 7.15. The van der Waals surface area contributed by atoms with E-state index in [1.54, 1.807) is 0 Å². The van der Waals surface area contributed by atoms with Crippen molar-refractivity contribution in [1.82, 2.24) is 5.32 Å². The van der Waals surface area contributed by atoms with Crippen molar-refractivity contribution >= 4 is 5.97 Å². The van der Waals surface area contributed by atoms with Crippen LogP contribution in [0.1, 0.15) is 91.9 Å². The number of carbonyl (C=O) groups is 1. The quantitative estimate of drug-likeness (QED) is 0.550. The number of carbonyl (C=O) groups excluding carboxylic acids is 1. The van der Waals surface area contributed by atoms with Gasteiger partial charge in [-0.15, -0.1) is 0 Å². The maximum atomic E-state index is 12.0. The molecule has 4 unspecified atom stereocenters. The molecule has 6 fully saturated rings. The Morgan fingerprint density at radius 1 is 0.857 bits per heavy atom. The number of nitrogens with one attached hydrogen (secondary N) is 1. The average Bonchev–Trinajstić information content (AvgIpc) is 3.60. The van der Waals surface area contributed by atoms with E-state index in [9.17, 15) is 4.79 Å². The lowest BCUT2D eigenvalue weighted by atomic mass is 9.74. The molecule has 2 saturated heterocycles. The first kappa shape index (κ1) is 20.7. The second-order valence-electron chi connectivity index (χ2n) is 10.7. The Morgan fingerprint density at radius 3 is 2.00 bits per heavy atom. The van der Waals surface area contributed by atoms with Crippen molar-refractivity contribution in [1.29, 1.82) is 0 Å². The van der Waals surface area contributed by atoms with Gasteiger partial charge in [0.2, 0.25) is 0 Å². The summed E-state index contributed by atoms with van der Waals surface area (Å²) in [6.07, 6.45) is 14.3. The maximum Gasteiger partial charge on any atom is 0.309 e. The highest BCUT2D eigenvalue weighted by Gasteiger charge is 2.69. The summed E-state index contributed by atoms with van der Waals surface area (Å²) in [5.41, 5.74) is 1.30. The van der Waals surface area contributed by atoms with Gasteiger partial charge in [-0.3, -0.25) is 4.79 Å². The molecular weight excluding hydrogens is 346 g/mol. The molecule has 2 spiro atoms. The second kappa shape index (κ2) is 7.93. The zero-order valence-electron chi connectivity index (χ0n) is 18.8. The van der Waals surface area contributed by atoms with Gasteiger partial charge >= 0.3 is 5.97 Å². The van der Waals surface area contributed by atoms with Crippen LogP contribution in [0.2, 0.25) is 0 Å². The molecule has 0 aromatic heterocycles. The van der Waals surface area contributed by atoms with Crippen molar-refractivity contribution in [2.24, 2.45) is 40.4 Å². The van der Waals surface area contributed by atoms with E-state index in [0.717, 1.165) is 17.8 Å². The normalized spacial score (nSPS) is 41.6. The summed E-state index contributed by atoms with van der Waals surface area (Å²) in [5.74, 6) is 3.40. The number of piperidine rings is 1.